The van der Waals surface area contributed by atoms with Gasteiger partial charge in [-0.1, -0.05) is 6.07 Å². The molecule has 2 N–H and O–H groups in total. The second-order valence-corrected chi connectivity index (χ2v) is 4.28. The van der Waals surface area contributed by atoms with Crippen molar-refractivity contribution in [2.24, 2.45) is 0 Å². The third kappa shape index (κ3) is 5.30. The van der Waals surface area contributed by atoms with Gasteiger partial charge in [0.15, 0.2) is 17.6 Å². The number of carboxylic acid groups (broad SMARTS) is 1. The number of methoxy groups -OCH3 is 2. The predicted octanol–water partition coefficient (Wildman–Crippen LogP) is 0.739. The molecule has 1 atom stereocenters. The van der Waals surface area contributed by atoms with Crippen molar-refractivity contribution in [1.29, 1.82) is 0 Å². The van der Waals surface area contributed by atoms with E-state index in [1.807, 2.05) is 0 Å². The lowest BCUT2D eigenvalue weighted by Gasteiger charge is -2.15. The second-order valence-electron chi connectivity index (χ2n) is 4.28. The third-order valence-corrected chi connectivity index (χ3v) is 2.73. The molecule has 8 heteroatoms. The van der Waals surface area contributed by atoms with Crippen LogP contribution in [0, 0.1) is 5.82 Å². The van der Waals surface area contributed by atoms with Gasteiger partial charge >= 0.3 is 5.97 Å². The minimum Gasteiger partial charge on any atom is -0.494 e. The second kappa shape index (κ2) is 8.96. The first-order chi connectivity index (χ1) is 10.5. The summed E-state index contributed by atoms with van der Waals surface area (Å²) in [6.07, 6.45) is 0. The Morgan fingerprint density at radius 2 is 2.05 bits per heavy atom. The molecule has 0 saturated carbocycles. The van der Waals surface area contributed by atoms with Crippen molar-refractivity contribution in [3.63, 3.8) is 0 Å². The van der Waals surface area contributed by atoms with Crippen LogP contribution in [0.5, 0.6) is 5.75 Å². The van der Waals surface area contributed by atoms with Gasteiger partial charge < -0.3 is 24.6 Å². The summed E-state index contributed by atoms with van der Waals surface area (Å²) in [4.78, 5) is 22.9. The smallest absolute Gasteiger partial charge is 0.330 e. The first kappa shape index (κ1) is 17.9. The number of hydrogen-bond acceptors (Lipinski definition) is 5. The average Bonchev–Trinajstić information content (AvgIpc) is 2.49. The molecule has 0 fully saturated rings. The quantitative estimate of drug-likeness (QED) is 0.653. The van der Waals surface area contributed by atoms with Gasteiger partial charge in [-0.05, 0) is 17.7 Å². The van der Waals surface area contributed by atoms with Crippen LogP contribution in [0.4, 0.5) is 4.39 Å². The Labute approximate surface area is 127 Å². The van der Waals surface area contributed by atoms with Gasteiger partial charge in [0.05, 0.1) is 20.3 Å². The Balaban J connectivity index is 2.71. The maximum absolute atomic E-state index is 13.6. The highest BCUT2D eigenvalue weighted by Crippen LogP contribution is 2.22. The molecule has 0 aliphatic carbocycles. The Kier molecular flexibility index (Phi) is 7.27. The van der Waals surface area contributed by atoms with Gasteiger partial charge in [-0.2, -0.15) is 0 Å². The van der Waals surface area contributed by atoms with Crippen LogP contribution in [0.3, 0.4) is 0 Å². The molecular weight excluding hydrogens is 297 g/mol. The Morgan fingerprint density at radius 3 is 2.59 bits per heavy atom. The fraction of sp³-hybridized carbons (Fsp3) is 0.429. The fourth-order valence-corrected chi connectivity index (χ4v) is 1.66. The highest BCUT2D eigenvalue weighted by Gasteiger charge is 2.23. The standard InChI is InChI=1S/C14H18FNO6/c1-20-5-6-22-8-12(17)16-13(14(18)19)9-3-4-11(21-2)10(15)7-9/h3-4,7,13H,5-6,8H2,1-2H3,(H,16,17)(H,18,19). The van der Waals surface area contributed by atoms with E-state index >= 15 is 0 Å². The molecule has 1 rings (SSSR count). The zero-order valence-electron chi connectivity index (χ0n) is 12.3. The van der Waals surface area contributed by atoms with Gasteiger partial charge in [0.2, 0.25) is 5.91 Å². The van der Waals surface area contributed by atoms with E-state index in [1.165, 1.54) is 26.4 Å². The topological polar surface area (TPSA) is 94.1 Å². The number of carbonyl (C=O) groups excluding carboxylic acids is 1. The van der Waals surface area contributed by atoms with Crippen LogP contribution < -0.4 is 10.1 Å². The van der Waals surface area contributed by atoms with Crippen LogP contribution in [0.2, 0.25) is 0 Å². The van der Waals surface area contributed by atoms with Gasteiger partial charge in [-0.25, -0.2) is 9.18 Å². The zero-order chi connectivity index (χ0) is 16.5. The van der Waals surface area contributed by atoms with Gasteiger partial charge in [-0.15, -0.1) is 0 Å². The zero-order valence-corrected chi connectivity index (χ0v) is 12.3. The lowest BCUT2D eigenvalue weighted by atomic mass is 10.1. The number of nitrogens with one attached hydrogen (secondary N) is 1. The first-order valence-corrected chi connectivity index (χ1v) is 6.42. The van der Waals surface area contributed by atoms with Crippen molar-refractivity contribution in [1.82, 2.24) is 5.32 Å². The van der Waals surface area contributed by atoms with E-state index in [4.69, 9.17) is 14.2 Å². The summed E-state index contributed by atoms with van der Waals surface area (Å²) >= 11 is 0. The van der Waals surface area contributed by atoms with Crippen LogP contribution >= 0.6 is 0 Å². The maximum Gasteiger partial charge on any atom is 0.330 e. The van der Waals surface area contributed by atoms with Crippen LogP contribution in [-0.4, -0.2) is 51.0 Å². The molecule has 1 amide bonds. The summed E-state index contributed by atoms with van der Waals surface area (Å²) in [5, 5.41) is 11.4. The van der Waals surface area contributed by atoms with Gasteiger partial charge in [0, 0.05) is 7.11 Å². The Hall–Kier alpha value is -2.19. The summed E-state index contributed by atoms with van der Waals surface area (Å²) in [5.74, 6) is -2.66. The highest BCUT2D eigenvalue weighted by atomic mass is 19.1. The van der Waals surface area contributed by atoms with E-state index in [-0.39, 0.29) is 24.5 Å². The van der Waals surface area contributed by atoms with Crippen LogP contribution in [0.1, 0.15) is 11.6 Å². The maximum atomic E-state index is 13.6. The summed E-state index contributed by atoms with van der Waals surface area (Å²) in [6, 6.07) is 2.29. The molecule has 0 heterocycles. The Bertz CT molecular complexity index is 522. The molecule has 0 aliphatic rings. The number of aliphatic carboxylic acids is 1. The minimum absolute atomic E-state index is 0.0119. The fourth-order valence-electron chi connectivity index (χ4n) is 1.66. The van der Waals surface area contributed by atoms with Crippen LogP contribution in [-0.2, 0) is 19.1 Å². The number of amides is 1. The first-order valence-electron chi connectivity index (χ1n) is 6.42. The lowest BCUT2D eigenvalue weighted by Crippen LogP contribution is -2.36. The number of ether oxygens (including phenoxy) is 3. The number of carbonyl (C=O) groups is 2. The van der Waals surface area contributed by atoms with Crippen molar-refractivity contribution >= 4 is 11.9 Å². The molecule has 1 unspecified atom stereocenters. The SMILES string of the molecule is COCCOCC(=O)NC(C(=O)O)c1ccc(OC)c(F)c1. The number of halogens is 1. The predicted molar refractivity (Wildman–Crippen MR) is 74.2 cm³/mol. The van der Waals surface area contributed by atoms with Crippen molar-refractivity contribution in [2.45, 2.75) is 6.04 Å². The molecule has 0 spiro atoms. The lowest BCUT2D eigenvalue weighted by molar-refractivity contribution is -0.142. The van der Waals surface area contributed by atoms with Crippen molar-refractivity contribution in [2.75, 3.05) is 34.0 Å². The molecular formula is C14H18FNO6. The van der Waals surface area contributed by atoms with E-state index in [1.54, 1.807) is 0 Å². The molecule has 7 nitrogen and oxygen atoms in total. The van der Waals surface area contributed by atoms with Crippen molar-refractivity contribution in [3.05, 3.63) is 29.6 Å². The number of benzene rings is 1. The molecule has 1 aromatic carbocycles. The Morgan fingerprint density at radius 1 is 1.32 bits per heavy atom. The highest BCUT2D eigenvalue weighted by molar-refractivity contribution is 5.85. The van der Waals surface area contributed by atoms with E-state index in [0.29, 0.717) is 6.61 Å². The summed E-state index contributed by atoms with van der Waals surface area (Å²) in [6.45, 7) is 0.212. The number of hydrogen-bond donors (Lipinski definition) is 2. The third-order valence-electron chi connectivity index (χ3n) is 2.73. The van der Waals surface area contributed by atoms with Gasteiger partial charge in [0.1, 0.15) is 6.61 Å². The molecule has 1 aromatic rings. The monoisotopic (exact) mass is 315 g/mol. The average molecular weight is 315 g/mol. The normalized spacial score (nSPS) is 11.8. The molecule has 0 saturated heterocycles. The summed E-state index contributed by atoms with van der Waals surface area (Å²) in [5.41, 5.74) is 0.0936. The summed E-state index contributed by atoms with van der Waals surface area (Å²) < 4.78 is 28.1. The molecule has 0 bridgehead atoms. The molecule has 0 radical (unpaired) electrons. The molecule has 0 aromatic heterocycles. The summed E-state index contributed by atoms with van der Waals surface area (Å²) in [7, 11) is 2.79. The van der Waals surface area contributed by atoms with Crippen molar-refractivity contribution < 1.29 is 33.3 Å². The van der Waals surface area contributed by atoms with Gasteiger partial charge in [0.25, 0.3) is 0 Å². The van der Waals surface area contributed by atoms with E-state index < -0.39 is 23.7 Å². The number of rotatable bonds is 9. The van der Waals surface area contributed by atoms with Crippen molar-refractivity contribution in [3.8, 4) is 5.75 Å². The van der Waals surface area contributed by atoms with Gasteiger partial charge in [-0.3, -0.25) is 4.79 Å². The van der Waals surface area contributed by atoms with E-state index in [2.05, 4.69) is 5.32 Å². The molecule has 0 aliphatic heterocycles. The number of carboxylic acids is 1. The molecule has 122 valence electrons. The van der Waals surface area contributed by atoms with Crippen LogP contribution in [0.25, 0.3) is 0 Å². The minimum atomic E-state index is -1.38. The van der Waals surface area contributed by atoms with E-state index in [0.717, 1.165) is 6.07 Å². The largest absolute Gasteiger partial charge is 0.494 e. The van der Waals surface area contributed by atoms with E-state index in [9.17, 15) is 19.1 Å². The van der Waals surface area contributed by atoms with Crippen LogP contribution in [0.15, 0.2) is 18.2 Å². The molecule has 22 heavy (non-hydrogen) atoms.